The van der Waals surface area contributed by atoms with Crippen molar-refractivity contribution < 1.29 is 9.47 Å². The van der Waals surface area contributed by atoms with Crippen LogP contribution < -0.4 is 0 Å². The molecule has 0 saturated carbocycles. The highest BCUT2D eigenvalue weighted by atomic mass is 16.7. The smallest absolute Gasteiger partial charge is 0.183 e. The van der Waals surface area contributed by atoms with Gasteiger partial charge < -0.3 is 9.47 Å². The number of benzene rings is 1. The van der Waals surface area contributed by atoms with Crippen LogP contribution in [0.25, 0.3) is 10.9 Å². The highest BCUT2D eigenvalue weighted by molar-refractivity contribution is 5.86. The van der Waals surface area contributed by atoms with Crippen molar-refractivity contribution >= 4 is 10.9 Å². The van der Waals surface area contributed by atoms with E-state index in [4.69, 9.17) is 9.47 Å². The summed E-state index contributed by atoms with van der Waals surface area (Å²) in [6.07, 6.45) is -0.351. The molecular formula is C15H19NO2. The Hall–Kier alpha value is -1.45. The van der Waals surface area contributed by atoms with Gasteiger partial charge in [0.25, 0.3) is 0 Å². The zero-order chi connectivity index (χ0) is 13.3. The van der Waals surface area contributed by atoms with E-state index in [0.29, 0.717) is 0 Å². The fourth-order valence-electron chi connectivity index (χ4n) is 2.39. The lowest BCUT2D eigenvalue weighted by Gasteiger charge is -2.17. The Morgan fingerprint density at radius 3 is 2.28 bits per heavy atom. The van der Waals surface area contributed by atoms with E-state index in [-0.39, 0.29) is 6.29 Å². The second kappa shape index (κ2) is 5.04. The molecule has 2 aromatic rings. The van der Waals surface area contributed by atoms with Crippen LogP contribution in [0.1, 0.15) is 28.7 Å². The van der Waals surface area contributed by atoms with Crippen LogP contribution in [0.15, 0.2) is 18.2 Å². The molecular weight excluding hydrogens is 226 g/mol. The Labute approximate surface area is 108 Å². The normalized spacial score (nSPS) is 11.4. The lowest BCUT2D eigenvalue weighted by Crippen LogP contribution is -2.06. The molecule has 3 nitrogen and oxygen atoms in total. The highest BCUT2D eigenvalue weighted by Crippen LogP contribution is 2.29. The number of hydrogen-bond donors (Lipinski definition) is 0. The standard InChI is InChI=1S/C15H19NO2/c1-9-6-10(2)14-12(7-9)13(8-11(3)16-14)15(17-4)18-5/h6-8,15H,1-5H3. The summed E-state index contributed by atoms with van der Waals surface area (Å²) in [5.74, 6) is 0. The quantitative estimate of drug-likeness (QED) is 0.776. The summed E-state index contributed by atoms with van der Waals surface area (Å²) in [5, 5.41) is 1.10. The Morgan fingerprint density at radius 2 is 1.67 bits per heavy atom. The molecule has 3 heteroatoms. The van der Waals surface area contributed by atoms with Gasteiger partial charge in [-0.3, -0.25) is 4.98 Å². The van der Waals surface area contributed by atoms with Crippen molar-refractivity contribution in [1.29, 1.82) is 0 Å². The first-order chi connectivity index (χ1) is 8.56. The summed E-state index contributed by atoms with van der Waals surface area (Å²) < 4.78 is 10.8. The molecule has 0 fully saturated rings. The fraction of sp³-hybridized carbons (Fsp3) is 0.400. The third kappa shape index (κ3) is 2.24. The van der Waals surface area contributed by atoms with Crippen molar-refractivity contribution in [2.24, 2.45) is 0 Å². The molecule has 0 N–H and O–H groups in total. The van der Waals surface area contributed by atoms with Gasteiger partial charge in [-0.25, -0.2) is 0 Å². The van der Waals surface area contributed by atoms with Crippen molar-refractivity contribution in [3.05, 3.63) is 40.6 Å². The summed E-state index contributed by atoms with van der Waals surface area (Å²) >= 11 is 0. The summed E-state index contributed by atoms with van der Waals surface area (Å²) in [6, 6.07) is 6.31. The minimum absolute atomic E-state index is 0.351. The molecule has 2 rings (SSSR count). The first kappa shape index (κ1) is 13.0. The number of aryl methyl sites for hydroxylation is 3. The molecule has 1 heterocycles. The number of nitrogens with zero attached hydrogens (tertiary/aromatic N) is 1. The van der Waals surface area contributed by atoms with Gasteiger partial charge >= 0.3 is 0 Å². The minimum Gasteiger partial charge on any atom is -0.352 e. The zero-order valence-electron chi connectivity index (χ0n) is 11.6. The van der Waals surface area contributed by atoms with E-state index in [9.17, 15) is 0 Å². The Bertz CT molecular complexity index is 574. The zero-order valence-corrected chi connectivity index (χ0v) is 11.6. The van der Waals surface area contributed by atoms with Crippen LogP contribution in [-0.2, 0) is 9.47 Å². The van der Waals surface area contributed by atoms with Crippen LogP contribution in [0.3, 0.4) is 0 Å². The van der Waals surface area contributed by atoms with Crippen LogP contribution in [0.4, 0.5) is 0 Å². The summed E-state index contributed by atoms with van der Waals surface area (Å²) in [4.78, 5) is 4.62. The topological polar surface area (TPSA) is 31.4 Å². The lowest BCUT2D eigenvalue weighted by molar-refractivity contribution is -0.105. The molecule has 0 aliphatic carbocycles. The Morgan fingerprint density at radius 1 is 1.00 bits per heavy atom. The van der Waals surface area contributed by atoms with Crippen molar-refractivity contribution in [2.75, 3.05) is 14.2 Å². The maximum absolute atomic E-state index is 5.38. The average Bonchev–Trinajstić information content (AvgIpc) is 2.32. The van der Waals surface area contributed by atoms with Crippen LogP contribution in [0.2, 0.25) is 0 Å². The number of hydrogen-bond acceptors (Lipinski definition) is 3. The minimum atomic E-state index is -0.351. The van der Waals surface area contributed by atoms with Gasteiger partial charge in [0.1, 0.15) is 0 Å². The fourth-order valence-corrected chi connectivity index (χ4v) is 2.39. The number of ether oxygens (including phenoxy) is 2. The summed E-state index contributed by atoms with van der Waals surface area (Å²) in [5.41, 5.74) is 5.44. The van der Waals surface area contributed by atoms with Gasteiger partial charge in [0.15, 0.2) is 6.29 Å². The molecule has 1 aromatic heterocycles. The molecule has 0 atom stereocenters. The summed E-state index contributed by atoms with van der Waals surface area (Å²) in [7, 11) is 3.30. The molecule has 18 heavy (non-hydrogen) atoms. The van der Waals surface area contributed by atoms with E-state index >= 15 is 0 Å². The van der Waals surface area contributed by atoms with E-state index < -0.39 is 0 Å². The SMILES string of the molecule is COC(OC)c1cc(C)nc2c(C)cc(C)cc12. The first-order valence-electron chi connectivity index (χ1n) is 6.01. The van der Waals surface area contributed by atoms with Crippen molar-refractivity contribution in [3.8, 4) is 0 Å². The van der Waals surface area contributed by atoms with Gasteiger partial charge in [0.05, 0.1) is 5.52 Å². The van der Waals surface area contributed by atoms with Gasteiger partial charge in [0, 0.05) is 30.9 Å². The Kier molecular flexibility index (Phi) is 3.64. The van der Waals surface area contributed by atoms with E-state index in [1.54, 1.807) is 14.2 Å². The second-order valence-corrected chi connectivity index (χ2v) is 4.63. The van der Waals surface area contributed by atoms with Crippen molar-refractivity contribution in [3.63, 3.8) is 0 Å². The van der Waals surface area contributed by atoms with Gasteiger partial charge in [0.2, 0.25) is 0 Å². The second-order valence-electron chi connectivity index (χ2n) is 4.63. The predicted octanol–water partition coefficient (Wildman–Crippen LogP) is 3.45. The first-order valence-corrected chi connectivity index (χ1v) is 6.01. The van der Waals surface area contributed by atoms with Crippen LogP contribution in [0, 0.1) is 20.8 Å². The van der Waals surface area contributed by atoms with Gasteiger partial charge in [-0.1, -0.05) is 11.6 Å². The number of aromatic nitrogens is 1. The van der Waals surface area contributed by atoms with Gasteiger partial charge in [-0.15, -0.1) is 0 Å². The molecule has 96 valence electrons. The van der Waals surface area contributed by atoms with E-state index in [1.165, 1.54) is 11.1 Å². The molecule has 0 spiro atoms. The molecule has 0 bridgehead atoms. The summed E-state index contributed by atoms with van der Waals surface area (Å²) in [6.45, 7) is 6.16. The molecule has 0 radical (unpaired) electrons. The largest absolute Gasteiger partial charge is 0.352 e. The lowest BCUT2D eigenvalue weighted by atomic mass is 10.0. The number of methoxy groups -OCH3 is 2. The Balaban J connectivity index is 2.79. The van der Waals surface area contributed by atoms with E-state index in [2.05, 4.69) is 31.0 Å². The maximum atomic E-state index is 5.38. The van der Waals surface area contributed by atoms with Crippen LogP contribution in [0.5, 0.6) is 0 Å². The molecule has 1 aromatic carbocycles. The molecule has 0 aliphatic rings. The number of rotatable bonds is 3. The molecule has 0 saturated heterocycles. The van der Waals surface area contributed by atoms with E-state index in [0.717, 1.165) is 22.2 Å². The molecule has 0 amide bonds. The monoisotopic (exact) mass is 245 g/mol. The van der Waals surface area contributed by atoms with Gasteiger partial charge in [-0.05, 0) is 38.5 Å². The van der Waals surface area contributed by atoms with E-state index in [1.807, 2.05) is 13.0 Å². The maximum Gasteiger partial charge on any atom is 0.183 e. The highest BCUT2D eigenvalue weighted by Gasteiger charge is 2.15. The van der Waals surface area contributed by atoms with Crippen LogP contribution >= 0.6 is 0 Å². The molecule has 0 aliphatic heterocycles. The third-order valence-electron chi connectivity index (χ3n) is 3.09. The van der Waals surface area contributed by atoms with Crippen molar-refractivity contribution in [2.45, 2.75) is 27.1 Å². The number of pyridine rings is 1. The average molecular weight is 245 g/mol. The van der Waals surface area contributed by atoms with Crippen molar-refractivity contribution in [1.82, 2.24) is 4.98 Å². The van der Waals surface area contributed by atoms with Crippen LogP contribution in [-0.4, -0.2) is 19.2 Å². The number of fused-ring (bicyclic) bond motifs is 1. The predicted molar refractivity (Wildman–Crippen MR) is 72.7 cm³/mol. The third-order valence-corrected chi connectivity index (χ3v) is 3.09. The van der Waals surface area contributed by atoms with Gasteiger partial charge in [-0.2, -0.15) is 0 Å². The molecule has 0 unspecified atom stereocenters.